The summed E-state index contributed by atoms with van der Waals surface area (Å²) in [5.74, 6) is -2.49. The zero-order valence-electron chi connectivity index (χ0n) is 16.4. The number of aryl methyl sites for hydroxylation is 1. The molecule has 3 rings (SSSR count). The van der Waals surface area contributed by atoms with Gasteiger partial charge in [-0.25, -0.2) is 17.2 Å². The predicted molar refractivity (Wildman–Crippen MR) is 113 cm³/mol. The molecule has 1 N–H and O–H groups in total. The van der Waals surface area contributed by atoms with Crippen molar-refractivity contribution >= 4 is 27.3 Å². The summed E-state index contributed by atoms with van der Waals surface area (Å²) < 4.78 is 53.3. The van der Waals surface area contributed by atoms with Crippen LogP contribution in [0.5, 0.6) is 0 Å². The van der Waals surface area contributed by atoms with E-state index in [1.54, 1.807) is 0 Å². The average Bonchev–Trinajstić information content (AvgIpc) is 2.69. The summed E-state index contributed by atoms with van der Waals surface area (Å²) in [5, 5.41) is 2.20. The Morgan fingerprint density at radius 1 is 0.933 bits per heavy atom. The molecule has 0 saturated carbocycles. The first-order valence-electron chi connectivity index (χ1n) is 9.04. The predicted octanol–water partition coefficient (Wildman–Crippen LogP) is 4.49. The number of hydrogen-bond donors (Lipinski definition) is 1. The highest BCUT2D eigenvalue weighted by Gasteiger charge is 2.19. The van der Waals surface area contributed by atoms with Crippen LogP contribution in [0.1, 0.15) is 21.5 Å². The molecule has 0 radical (unpaired) electrons. The SMILES string of the molecule is Cc1ccc(CN(c2ccc(C(=O)Nc3c(F)cccc3F)cc2)S(C)(=O)=O)cc1. The maximum Gasteiger partial charge on any atom is 0.255 e. The Balaban J connectivity index is 1.82. The fourth-order valence-corrected chi connectivity index (χ4v) is 3.73. The van der Waals surface area contributed by atoms with E-state index in [1.165, 1.54) is 34.6 Å². The molecule has 8 heteroatoms. The third kappa shape index (κ3) is 5.01. The van der Waals surface area contributed by atoms with Crippen molar-refractivity contribution in [3.8, 4) is 0 Å². The van der Waals surface area contributed by atoms with Gasteiger partial charge in [-0.3, -0.25) is 9.10 Å². The highest BCUT2D eigenvalue weighted by atomic mass is 32.2. The van der Waals surface area contributed by atoms with Crippen LogP contribution in [0.25, 0.3) is 0 Å². The van der Waals surface area contributed by atoms with Gasteiger partial charge in [0.05, 0.1) is 18.5 Å². The van der Waals surface area contributed by atoms with Gasteiger partial charge in [0, 0.05) is 5.56 Å². The summed E-state index contributed by atoms with van der Waals surface area (Å²) in [6.07, 6.45) is 1.10. The van der Waals surface area contributed by atoms with Gasteiger partial charge < -0.3 is 5.32 Å². The van der Waals surface area contributed by atoms with Crippen molar-refractivity contribution in [2.24, 2.45) is 0 Å². The minimum Gasteiger partial charge on any atom is -0.317 e. The Labute approximate surface area is 174 Å². The van der Waals surface area contributed by atoms with Crippen molar-refractivity contribution in [3.05, 3.63) is 95.1 Å². The van der Waals surface area contributed by atoms with Gasteiger partial charge in [0.2, 0.25) is 10.0 Å². The van der Waals surface area contributed by atoms with E-state index >= 15 is 0 Å². The fourth-order valence-electron chi connectivity index (χ4n) is 2.84. The minimum absolute atomic E-state index is 0.130. The summed E-state index contributed by atoms with van der Waals surface area (Å²) in [7, 11) is -3.59. The van der Waals surface area contributed by atoms with Crippen molar-refractivity contribution in [3.63, 3.8) is 0 Å². The summed E-state index contributed by atoms with van der Waals surface area (Å²) >= 11 is 0. The lowest BCUT2D eigenvalue weighted by atomic mass is 10.1. The van der Waals surface area contributed by atoms with Crippen molar-refractivity contribution in [2.45, 2.75) is 13.5 Å². The second-order valence-corrected chi connectivity index (χ2v) is 8.76. The van der Waals surface area contributed by atoms with Gasteiger partial charge in [-0.2, -0.15) is 0 Å². The summed E-state index contributed by atoms with van der Waals surface area (Å²) in [5.41, 5.74) is 1.83. The Morgan fingerprint density at radius 2 is 1.50 bits per heavy atom. The number of rotatable bonds is 6. The first-order valence-corrected chi connectivity index (χ1v) is 10.9. The number of sulfonamides is 1. The molecule has 3 aromatic rings. The molecular weight excluding hydrogens is 410 g/mol. The van der Waals surface area contributed by atoms with E-state index in [4.69, 9.17) is 0 Å². The molecule has 0 atom stereocenters. The zero-order valence-corrected chi connectivity index (χ0v) is 17.2. The standard InChI is InChI=1S/C22H20F2N2O3S/c1-15-6-8-16(9-7-15)14-26(30(2,28)29)18-12-10-17(11-13-18)22(27)25-21-19(23)4-3-5-20(21)24/h3-13H,14H2,1-2H3,(H,25,27). The Morgan fingerprint density at radius 3 is 2.03 bits per heavy atom. The van der Waals surface area contributed by atoms with Gasteiger partial charge in [0.15, 0.2) is 0 Å². The third-order valence-electron chi connectivity index (χ3n) is 4.47. The molecule has 0 bridgehead atoms. The molecular formula is C22H20F2N2O3S. The van der Waals surface area contributed by atoms with Crippen LogP contribution in [-0.2, 0) is 16.6 Å². The average molecular weight is 430 g/mol. The van der Waals surface area contributed by atoms with E-state index < -0.39 is 33.3 Å². The van der Waals surface area contributed by atoms with E-state index in [1.807, 2.05) is 31.2 Å². The topological polar surface area (TPSA) is 66.5 Å². The number of amides is 1. The molecule has 156 valence electrons. The Kier molecular flexibility index (Phi) is 6.17. The lowest BCUT2D eigenvalue weighted by Crippen LogP contribution is -2.29. The Bertz CT molecular complexity index is 1140. The first kappa shape index (κ1) is 21.4. The van der Waals surface area contributed by atoms with E-state index in [0.29, 0.717) is 5.69 Å². The van der Waals surface area contributed by atoms with Gasteiger partial charge >= 0.3 is 0 Å². The van der Waals surface area contributed by atoms with Crippen molar-refractivity contribution in [1.82, 2.24) is 0 Å². The van der Waals surface area contributed by atoms with Gasteiger partial charge in [0.25, 0.3) is 5.91 Å². The van der Waals surface area contributed by atoms with E-state index in [0.717, 1.165) is 29.5 Å². The number of carbonyl (C=O) groups excluding carboxylic acids is 1. The number of anilines is 2. The van der Waals surface area contributed by atoms with Crippen molar-refractivity contribution < 1.29 is 22.0 Å². The van der Waals surface area contributed by atoms with E-state index in [9.17, 15) is 22.0 Å². The molecule has 0 unspecified atom stereocenters. The van der Waals surface area contributed by atoms with Gasteiger partial charge in [0.1, 0.15) is 17.3 Å². The molecule has 0 aliphatic heterocycles. The van der Waals surface area contributed by atoms with Crippen LogP contribution in [0.15, 0.2) is 66.7 Å². The molecule has 1 amide bonds. The van der Waals surface area contributed by atoms with Crippen LogP contribution in [0.4, 0.5) is 20.2 Å². The molecule has 0 aliphatic rings. The lowest BCUT2D eigenvalue weighted by molar-refractivity contribution is 0.102. The van der Waals surface area contributed by atoms with Crippen LogP contribution in [0.3, 0.4) is 0 Å². The maximum atomic E-state index is 13.7. The summed E-state index contributed by atoms with van der Waals surface area (Å²) in [6.45, 7) is 2.07. The van der Waals surface area contributed by atoms with Crippen LogP contribution in [0, 0.1) is 18.6 Å². The highest BCUT2D eigenvalue weighted by Crippen LogP contribution is 2.23. The number of carbonyl (C=O) groups is 1. The van der Waals surface area contributed by atoms with E-state index in [-0.39, 0.29) is 12.1 Å². The fraction of sp³-hybridized carbons (Fsp3) is 0.136. The molecule has 3 aromatic carbocycles. The summed E-state index contributed by atoms with van der Waals surface area (Å²) in [4.78, 5) is 12.3. The molecule has 0 fully saturated rings. The Hall–Kier alpha value is -3.26. The number of nitrogens with one attached hydrogen (secondary N) is 1. The second-order valence-electron chi connectivity index (χ2n) is 6.85. The number of nitrogens with zero attached hydrogens (tertiary/aromatic N) is 1. The number of para-hydroxylation sites is 1. The molecule has 0 aliphatic carbocycles. The quantitative estimate of drug-likeness (QED) is 0.627. The van der Waals surface area contributed by atoms with Crippen LogP contribution in [-0.4, -0.2) is 20.6 Å². The smallest absolute Gasteiger partial charge is 0.255 e. The second kappa shape index (κ2) is 8.62. The largest absolute Gasteiger partial charge is 0.317 e. The number of benzene rings is 3. The lowest BCUT2D eigenvalue weighted by Gasteiger charge is -2.23. The van der Waals surface area contributed by atoms with Crippen molar-refractivity contribution in [1.29, 1.82) is 0 Å². The van der Waals surface area contributed by atoms with Crippen molar-refractivity contribution in [2.75, 3.05) is 15.9 Å². The molecule has 0 heterocycles. The van der Waals surface area contributed by atoms with Gasteiger partial charge in [-0.1, -0.05) is 35.9 Å². The van der Waals surface area contributed by atoms with Gasteiger partial charge in [-0.05, 0) is 48.9 Å². The zero-order chi connectivity index (χ0) is 21.9. The molecule has 0 spiro atoms. The summed E-state index contributed by atoms with van der Waals surface area (Å²) in [6, 6.07) is 16.5. The minimum atomic E-state index is -3.59. The van der Waals surface area contributed by atoms with Crippen LogP contribution in [0.2, 0.25) is 0 Å². The molecule has 0 aromatic heterocycles. The normalized spacial score (nSPS) is 11.2. The number of halogens is 2. The molecule has 0 saturated heterocycles. The van der Waals surface area contributed by atoms with Crippen LogP contribution < -0.4 is 9.62 Å². The molecule has 5 nitrogen and oxygen atoms in total. The maximum absolute atomic E-state index is 13.7. The van der Waals surface area contributed by atoms with E-state index in [2.05, 4.69) is 5.32 Å². The van der Waals surface area contributed by atoms with Crippen LogP contribution >= 0.6 is 0 Å². The first-order chi connectivity index (χ1) is 14.1. The van der Waals surface area contributed by atoms with Gasteiger partial charge in [-0.15, -0.1) is 0 Å². The highest BCUT2D eigenvalue weighted by molar-refractivity contribution is 7.92. The third-order valence-corrected chi connectivity index (χ3v) is 5.61. The number of hydrogen-bond acceptors (Lipinski definition) is 3. The monoisotopic (exact) mass is 430 g/mol. The molecule has 30 heavy (non-hydrogen) atoms.